The van der Waals surface area contributed by atoms with E-state index in [1.807, 2.05) is 6.92 Å². The van der Waals surface area contributed by atoms with Crippen LogP contribution >= 0.6 is 0 Å². The van der Waals surface area contributed by atoms with E-state index in [4.69, 9.17) is 9.84 Å². The number of ether oxygens (including phenoxy) is 1. The van der Waals surface area contributed by atoms with Gasteiger partial charge < -0.3 is 15.2 Å². The molecule has 0 spiro atoms. The third-order valence-electron chi connectivity index (χ3n) is 2.58. The second-order valence-corrected chi connectivity index (χ2v) is 5.98. The standard InChI is InChI=1S/C13H20N2O5S/c1-3-20-11-4-6-12(7-5-11)21(18,19)15-10(2)13(17)14-8-9-16/h4-7,10,15-16H,3,8-9H2,1-2H3,(H,14,17)/t10-/m0/s1. The van der Waals surface area contributed by atoms with Gasteiger partial charge in [-0.05, 0) is 38.1 Å². The van der Waals surface area contributed by atoms with Crippen molar-refractivity contribution in [1.82, 2.24) is 10.0 Å². The fourth-order valence-corrected chi connectivity index (χ4v) is 2.77. The van der Waals surface area contributed by atoms with E-state index in [-0.39, 0.29) is 18.0 Å². The van der Waals surface area contributed by atoms with Crippen molar-refractivity contribution in [3.63, 3.8) is 0 Å². The molecule has 118 valence electrons. The number of nitrogens with one attached hydrogen (secondary N) is 2. The lowest BCUT2D eigenvalue weighted by atomic mass is 10.3. The number of rotatable bonds is 8. The van der Waals surface area contributed by atoms with Gasteiger partial charge in [0.05, 0.1) is 24.2 Å². The number of carbonyl (C=O) groups is 1. The van der Waals surface area contributed by atoms with Crippen LogP contribution in [-0.4, -0.2) is 45.2 Å². The van der Waals surface area contributed by atoms with Crippen molar-refractivity contribution in [3.8, 4) is 5.75 Å². The van der Waals surface area contributed by atoms with E-state index in [0.29, 0.717) is 12.4 Å². The van der Waals surface area contributed by atoms with E-state index in [0.717, 1.165) is 0 Å². The van der Waals surface area contributed by atoms with Crippen molar-refractivity contribution in [1.29, 1.82) is 0 Å². The first kappa shape index (κ1) is 17.4. The first-order chi connectivity index (χ1) is 9.90. The molecular weight excluding hydrogens is 296 g/mol. The van der Waals surface area contributed by atoms with Gasteiger partial charge in [0.25, 0.3) is 0 Å². The molecule has 8 heteroatoms. The highest BCUT2D eigenvalue weighted by atomic mass is 32.2. The molecule has 3 N–H and O–H groups in total. The van der Waals surface area contributed by atoms with Crippen LogP contribution in [0.3, 0.4) is 0 Å². The van der Waals surface area contributed by atoms with Crippen LogP contribution < -0.4 is 14.8 Å². The highest BCUT2D eigenvalue weighted by molar-refractivity contribution is 7.89. The molecule has 0 unspecified atom stereocenters. The summed E-state index contributed by atoms with van der Waals surface area (Å²) in [5.74, 6) is 0.0729. The predicted octanol–water partition coefficient (Wildman–Crippen LogP) is -0.139. The lowest BCUT2D eigenvalue weighted by Crippen LogP contribution is -2.45. The summed E-state index contributed by atoms with van der Waals surface area (Å²) in [4.78, 5) is 11.6. The zero-order valence-electron chi connectivity index (χ0n) is 12.0. The van der Waals surface area contributed by atoms with E-state index >= 15 is 0 Å². The number of aliphatic hydroxyl groups excluding tert-OH is 1. The van der Waals surface area contributed by atoms with Gasteiger partial charge in [-0.2, -0.15) is 4.72 Å². The zero-order valence-corrected chi connectivity index (χ0v) is 12.8. The van der Waals surface area contributed by atoms with Crippen molar-refractivity contribution in [3.05, 3.63) is 24.3 Å². The smallest absolute Gasteiger partial charge is 0.241 e. The molecule has 1 amide bonds. The fourth-order valence-electron chi connectivity index (χ4n) is 1.57. The van der Waals surface area contributed by atoms with Gasteiger partial charge in [0.1, 0.15) is 5.75 Å². The average molecular weight is 316 g/mol. The van der Waals surface area contributed by atoms with Crippen LogP contribution in [0.5, 0.6) is 5.75 Å². The number of sulfonamides is 1. The van der Waals surface area contributed by atoms with E-state index in [1.165, 1.54) is 19.1 Å². The fraction of sp³-hybridized carbons (Fsp3) is 0.462. The molecule has 1 atom stereocenters. The van der Waals surface area contributed by atoms with Crippen LogP contribution in [0.25, 0.3) is 0 Å². The Bertz CT molecular complexity index is 556. The van der Waals surface area contributed by atoms with Crippen molar-refractivity contribution in [2.24, 2.45) is 0 Å². The molecule has 0 aliphatic carbocycles. The molecule has 21 heavy (non-hydrogen) atoms. The Balaban J connectivity index is 2.74. The van der Waals surface area contributed by atoms with Gasteiger partial charge in [0, 0.05) is 6.54 Å². The minimum absolute atomic E-state index is 0.0489. The maximum absolute atomic E-state index is 12.1. The molecule has 0 radical (unpaired) electrons. The summed E-state index contributed by atoms with van der Waals surface area (Å²) < 4.78 is 31.7. The van der Waals surface area contributed by atoms with Gasteiger partial charge in [-0.3, -0.25) is 4.79 Å². The number of carbonyl (C=O) groups excluding carboxylic acids is 1. The topological polar surface area (TPSA) is 105 Å². The Morgan fingerprint density at radius 1 is 1.33 bits per heavy atom. The van der Waals surface area contributed by atoms with Gasteiger partial charge in [0.2, 0.25) is 15.9 Å². The average Bonchev–Trinajstić information content (AvgIpc) is 2.45. The summed E-state index contributed by atoms with van der Waals surface area (Å²) in [7, 11) is -3.79. The summed E-state index contributed by atoms with van der Waals surface area (Å²) in [6.07, 6.45) is 0. The van der Waals surface area contributed by atoms with Crippen molar-refractivity contribution in [2.45, 2.75) is 24.8 Å². The number of hydrogen-bond donors (Lipinski definition) is 3. The lowest BCUT2D eigenvalue weighted by Gasteiger charge is -2.14. The second kappa shape index (κ2) is 7.96. The van der Waals surface area contributed by atoms with E-state index in [2.05, 4.69) is 10.0 Å². The third kappa shape index (κ3) is 5.33. The summed E-state index contributed by atoms with van der Waals surface area (Å²) in [6.45, 7) is 3.63. The van der Waals surface area contributed by atoms with Crippen molar-refractivity contribution in [2.75, 3.05) is 19.8 Å². The molecule has 0 heterocycles. The van der Waals surface area contributed by atoms with E-state index < -0.39 is 22.0 Å². The van der Waals surface area contributed by atoms with Crippen molar-refractivity contribution < 1.29 is 23.1 Å². The van der Waals surface area contributed by atoms with Gasteiger partial charge in [-0.25, -0.2) is 8.42 Å². The molecule has 1 aromatic rings. The van der Waals surface area contributed by atoms with Gasteiger partial charge in [-0.15, -0.1) is 0 Å². The molecular formula is C13H20N2O5S. The largest absolute Gasteiger partial charge is 0.494 e. The van der Waals surface area contributed by atoms with Crippen LogP contribution in [0.4, 0.5) is 0 Å². The number of aliphatic hydroxyl groups is 1. The summed E-state index contributed by atoms with van der Waals surface area (Å²) >= 11 is 0. The van der Waals surface area contributed by atoms with Gasteiger partial charge >= 0.3 is 0 Å². The maximum atomic E-state index is 12.1. The number of amides is 1. The summed E-state index contributed by atoms with van der Waals surface area (Å²) in [6, 6.07) is 4.98. The molecule has 1 rings (SSSR count). The Morgan fingerprint density at radius 3 is 2.48 bits per heavy atom. The monoisotopic (exact) mass is 316 g/mol. The number of benzene rings is 1. The molecule has 0 saturated heterocycles. The molecule has 0 fully saturated rings. The predicted molar refractivity (Wildman–Crippen MR) is 77.5 cm³/mol. The van der Waals surface area contributed by atoms with Crippen LogP contribution in [-0.2, 0) is 14.8 Å². The van der Waals surface area contributed by atoms with Crippen molar-refractivity contribution >= 4 is 15.9 Å². The van der Waals surface area contributed by atoms with Crippen LogP contribution in [0.15, 0.2) is 29.2 Å². The minimum atomic E-state index is -3.79. The third-order valence-corrected chi connectivity index (χ3v) is 4.14. The Morgan fingerprint density at radius 2 is 1.95 bits per heavy atom. The van der Waals surface area contributed by atoms with E-state index in [9.17, 15) is 13.2 Å². The molecule has 0 bridgehead atoms. The van der Waals surface area contributed by atoms with E-state index in [1.54, 1.807) is 12.1 Å². The second-order valence-electron chi connectivity index (χ2n) is 4.26. The highest BCUT2D eigenvalue weighted by Gasteiger charge is 2.21. The molecule has 0 aromatic heterocycles. The SMILES string of the molecule is CCOc1ccc(S(=O)(=O)N[C@@H](C)C(=O)NCCO)cc1. The maximum Gasteiger partial charge on any atom is 0.241 e. The minimum Gasteiger partial charge on any atom is -0.494 e. The molecule has 0 aliphatic heterocycles. The van der Waals surface area contributed by atoms with Gasteiger partial charge in [-0.1, -0.05) is 0 Å². The molecule has 0 saturated carbocycles. The van der Waals surface area contributed by atoms with Crippen LogP contribution in [0, 0.1) is 0 Å². The summed E-state index contributed by atoms with van der Waals surface area (Å²) in [5.41, 5.74) is 0. The first-order valence-electron chi connectivity index (χ1n) is 6.54. The Labute approximate surface area is 124 Å². The number of hydrogen-bond acceptors (Lipinski definition) is 5. The Kier molecular flexibility index (Phi) is 6.60. The molecule has 0 aliphatic rings. The van der Waals surface area contributed by atoms with Gasteiger partial charge in [0.15, 0.2) is 0 Å². The van der Waals surface area contributed by atoms with Crippen LogP contribution in [0.1, 0.15) is 13.8 Å². The summed E-state index contributed by atoms with van der Waals surface area (Å²) in [5, 5.41) is 11.0. The normalized spacial score (nSPS) is 12.7. The van der Waals surface area contributed by atoms with Crippen LogP contribution in [0.2, 0.25) is 0 Å². The first-order valence-corrected chi connectivity index (χ1v) is 8.02. The highest BCUT2D eigenvalue weighted by Crippen LogP contribution is 2.16. The zero-order chi connectivity index (χ0) is 15.9. The Hall–Kier alpha value is -1.64. The quantitative estimate of drug-likeness (QED) is 0.619. The lowest BCUT2D eigenvalue weighted by molar-refractivity contribution is -0.122. The molecule has 7 nitrogen and oxygen atoms in total. The molecule has 1 aromatic carbocycles.